The van der Waals surface area contributed by atoms with Gasteiger partial charge in [0.25, 0.3) is 0 Å². The summed E-state index contributed by atoms with van der Waals surface area (Å²) in [5.74, 6) is -0.816. The molecule has 110 valence electrons. The zero-order valence-corrected chi connectivity index (χ0v) is 12.7. The van der Waals surface area contributed by atoms with Crippen LogP contribution >= 0.6 is 11.3 Å². The van der Waals surface area contributed by atoms with Gasteiger partial charge in [0, 0.05) is 10.9 Å². The highest BCUT2D eigenvalue weighted by molar-refractivity contribution is 7.13. The first kappa shape index (κ1) is 15.2. The van der Waals surface area contributed by atoms with Gasteiger partial charge in [-0.2, -0.15) is 0 Å². The van der Waals surface area contributed by atoms with Gasteiger partial charge in [-0.25, -0.2) is 4.98 Å². The maximum absolute atomic E-state index is 11.8. The molecule has 2 aromatic rings. The third-order valence-corrected chi connectivity index (χ3v) is 3.94. The molecule has 2 amide bonds. The second-order valence-electron chi connectivity index (χ2n) is 4.88. The van der Waals surface area contributed by atoms with Crippen LogP contribution in [-0.2, 0) is 16.0 Å². The Labute approximate surface area is 127 Å². The van der Waals surface area contributed by atoms with Crippen molar-refractivity contribution in [3.05, 3.63) is 40.9 Å². The molecule has 1 atom stereocenters. The molecule has 0 bridgehead atoms. The molecule has 0 aliphatic carbocycles. The van der Waals surface area contributed by atoms with Gasteiger partial charge in [0.15, 0.2) is 0 Å². The molecule has 2 rings (SSSR count). The van der Waals surface area contributed by atoms with Gasteiger partial charge in [0.2, 0.25) is 11.8 Å². The largest absolute Gasteiger partial charge is 0.368 e. The monoisotopic (exact) mass is 303 g/mol. The molecule has 0 saturated carbocycles. The summed E-state index contributed by atoms with van der Waals surface area (Å²) < 4.78 is 0. The number of benzene rings is 1. The summed E-state index contributed by atoms with van der Waals surface area (Å²) in [5.41, 5.74) is 8.01. The van der Waals surface area contributed by atoms with E-state index >= 15 is 0 Å². The molecular weight excluding hydrogens is 286 g/mol. The van der Waals surface area contributed by atoms with Crippen molar-refractivity contribution in [3.63, 3.8) is 0 Å². The molecule has 21 heavy (non-hydrogen) atoms. The van der Waals surface area contributed by atoms with E-state index in [1.54, 1.807) is 6.92 Å². The first-order valence-corrected chi connectivity index (χ1v) is 7.44. The molecule has 5 nitrogen and oxygen atoms in total. The van der Waals surface area contributed by atoms with Crippen LogP contribution in [0, 0.1) is 6.92 Å². The quantitative estimate of drug-likeness (QED) is 0.880. The minimum absolute atomic E-state index is 0.139. The van der Waals surface area contributed by atoms with Crippen molar-refractivity contribution in [2.24, 2.45) is 5.73 Å². The second-order valence-corrected chi connectivity index (χ2v) is 5.74. The lowest BCUT2D eigenvalue weighted by molar-refractivity contribution is -0.126. The van der Waals surface area contributed by atoms with Crippen molar-refractivity contribution in [2.45, 2.75) is 26.3 Å². The van der Waals surface area contributed by atoms with E-state index in [9.17, 15) is 9.59 Å². The molecule has 0 fully saturated rings. The van der Waals surface area contributed by atoms with Gasteiger partial charge >= 0.3 is 0 Å². The lowest BCUT2D eigenvalue weighted by Gasteiger charge is -2.08. The molecule has 1 aromatic heterocycles. The molecule has 1 aromatic carbocycles. The van der Waals surface area contributed by atoms with Gasteiger partial charge < -0.3 is 11.1 Å². The number of amides is 2. The molecule has 6 heteroatoms. The number of thiazole rings is 1. The highest BCUT2D eigenvalue weighted by Crippen LogP contribution is 2.24. The molecule has 0 spiro atoms. The highest BCUT2D eigenvalue weighted by Gasteiger charge is 2.14. The van der Waals surface area contributed by atoms with Crippen LogP contribution in [0.25, 0.3) is 10.6 Å². The zero-order chi connectivity index (χ0) is 15.4. The van der Waals surface area contributed by atoms with E-state index in [1.807, 2.05) is 36.6 Å². The summed E-state index contributed by atoms with van der Waals surface area (Å²) in [6.45, 7) is 3.58. The number of carbonyl (C=O) groups excluding carboxylic acids is 2. The van der Waals surface area contributed by atoms with E-state index < -0.39 is 11.9 Å². The predicted octanol–water partition coefficient (Wildman–Crippen LogP) is 1.65. The fraction of sp³-hybridized carbons (Fsp3) is 0.267. The van der Waals surface area contributed by atoms with E-state index in [2.05, 4.69) is 10.3 Å². The molecule has 0 aliphatic rings. The van der Waals surface area contributed by atoms with Crippen LogP contribution in [0.5, 0.6) is 0 Å². The summed E-state index contributed by atoms with van der Waals surface area (Å²) >= 11 is 1.49. The van der Waals surface area contributed by atoms with Crippen molar-refractivity contribution >= 4 is 23.2 Å². The number of hydrogen-bond acceptors (Lipinski definition) is 4. The van der Waals surface area contributed by atoms with E-state index in [4.69, 9.17) is 5.73 Å². The van der Waals surface area contributed by atoms with Gasteiger partial charge in [-0.1, -0.05) is 29.8 Å². The first-order chi connectivity index (χ1) is 9.95. The van der Waals surface area contributed by atoms with Crippen molar-refractivity contribution in [2.75, 3.05) is 0 Å². The van der Waals surface area contributed by atoms with Gasteiger partial charge in [-0.15, -0.1) is 11.3 Å². The van der Waals surface area contributed by atoms with Gasteiger partial charge in [0.1, 0.15) is 11.0 Å². The number of carbonyl (C=O) groups is 2. The third-order valence-electron chi connectivity index (χ3n) is 3.00. The van der Waals surface area contributed by atoms with Gasteiger partial charge in [0.05, 0.1) is 12.1 Å². The van der Waals surface area contributed by atoms with Crippen LogP contribution < -0.4 is 11.1 Å². The maximum Gasteiger partial charge on any atom is 0.239 e. The minimum atomic E-state index is -0.673. The second kappa shape index (κ2) is 6.49. The average molecular weight is 303 g/mol. The average Bonchev–Trinajstić information content (AvgIpc) is 2.87. The number of nitrogens with two attached hydrogens (primary N) is 1. The smallest absolute Gasteiger partial charge is 0.239 e. The number of primary amides is 1. The Morgan fingerprint density at radius 2 is 2.00 bits per heavy atom. The Kier molecular flexibility index (Phi) is 4.70. The van der Waals surface area contributed by atoms with Crippen LogP contribution in [0.4, 0.5) is 0 Å². The minimum Gasteiger partial charge on any atom is -0.368 e. The van der Waals surface area contributed by atoms with Crippen LogP contribution in [0.2, 0.25) is 0 Å². The van der Waals surface area contributed by atoms with Crippen LogP contribution in [0.15, 0.2) is 29.6 Å². The number of nitrogens with one attached hydrogen (secondary N) is 1. The third kappa shape index (κ3) is 4.13. The fourth-order valence-corrected chi connectivity index (χ4v) is 2.57. The fourth-order valence-electron chi connectivity index (χ4n) is 1.75. The van der Waals surface area contributed by atoms with E-state index in [0.717, 1.165) is 10.6 Å². The lowest BCUT2D eigenvalue weighted by Crippen LogP contribution is -2.42. The summed E-state index contributed by atoms with van der Waals surface area (Å²) in [5, 5.41) is 5.26. The molecule has 0 aliphatic heterocycles. The lowest BCUT2D eigenvalue weighted by atomic mass is 10.2. The Morgan fingerprint density at radius 3 is 2.62 bits per heavy atom. The van der Waals surface area contributed by atoms with E-state index in [-0.39, 0.29) is 12.3 Å². The maximum atomic E-state index is 11.8. The van der Waals surface area contributed by atoms with Crippen molar-refractivity contribution in [3.8, 4) is 10.6 Å². The highest BCUT2D eigenvalue weighted by atomic mass is 32.1. The Balaban J connectivity index is 2.01. The number of hydrogen-bond donors (Lipinski definition) is 2. The number of nitrogens with zero attached hydrogens (tertiary/aromatic N) is 1. The summed E-state index contributed by atoms with van der Waals surface area (Å²) in [4.78, 5) is 27.1. The Morgan fingerprint density at radius 1 is 1.33 bits per heavy atom. The Bertz CT molecular complexity index is 649. The SMILES string of the molecule is Cc1ccc(-c2nc(CC(=O)NC(C)C(N)=O)cs2)cc1. The molecular formula is C15H17N3O2S. The van der Waals surface area contributed by atoms with Gasteiger partial charge in [-0.3, -0.25) is 9.59 Å². The molecule has 1 unspecified atom stereocenters. The van der Waals surface area contributed by atoms with E-state index in [0.29, 0.717) is 5.69 Å². The standard InChI is InChI=1S/C15H17N3O2S/c1-9-3-5-11(6-4-9)15-18-12(8-21-15)7-13(19)17-10(2)14(16)20/h3-6,8,10H,7H2,1-2H3,(H2,16,20)(H,17,19). The van der Waals surface area contributed by atoms with Crippen molar-refractivity contribution in [1.82, 2.24) is 10.3 Å². The first-order valence-electron chi connectivity index (χ1n) is 6.56. The Hall–Kier alpha value is -2.21. The molecule has 0 radical (unpaired) electrons. The topological polar surface area (TPSA) is 85.1 Å². The normalized spacial score (nSPS) is 11.9. The van der Waals surface area contributed by atoms with Crippen LogP contribution in [-0.4, -0.2) is 22.8 Å². The molecule has 0 saturated heterocycles. The molecule has 1 heterocycles. The van der Waals surface area contributed by atoms with Crippen molar-refractivity contribution < 1.29 is 9.59 Å². The number of aryl methyl sites for hydroxylation is 1. The zero-order valence-electron chi connectivity index (χ0n) is 11.9. The number of aromatic nitrogens is 1. The van der Waals surface area contributed by atoms with Crippen LogP contribution in [0.3, 0.4) is 0 Å². The predicted molar refractivity (Wildman–Crippen MR) is 82.8 cm³/mol. The molecule has 3 N–H and O–H groups in total. The van der Waals surface area contributed by atoms with Crippen molar-refractivity contribution in [1.29, 1.82) is 0 Å². The van der Waals surface area contributed by atoms with Crippen LogP contribution in [0.1, 0.15) is 18.2 Å². The number of rotatable bonds is 5. The van der Waals surface area contributed by atoms with Gasteiger partial charge in [-0.05, 0) is 13.8 Å². The summed E-state index contributed by atoms with van der Waals surface area (Å²) in [6.07, 6.45) is 0.139. The summed E-state index contributed by atoms with van der Waals surface area (Å²) in [7, 11) is 0. The van der Waals surface area contributed by atoms with E-state index in [1.165, 1.54) is 16.9 Å². The summed E-state index contributed by atoms with van der Waals surface area (Å²) in [6, 6.07) is 7.39.